The van der Waals surface area contributed by atoms with Crippen molar-refractivity contribution in [2.75, 3.05) is 25.8 Å². The quantitative estimate of drug-likeness (QED) is 0.357. The van der Waals surface area contributed by atoms with E-state index in [1.165, 1.54) is 13.2 Å². The fourth-order valence-corrected chi connectivity index (χ4v) is 5.83. The van der Waals surface area contributed by atoms with E-state index in [0.29, 0.717) is 17.1 Å². The summed E-state index contributed by atoms with van der Waals surface area (Å²) in [6.07, 6.45) is 2.85. The van der Waals surface area contributed by atoms with Crippen molar-refractivity contribution in [1.29, 1.82) is 0 Å². The zero-order valence-electron chi connectivity index (χ0n) is 18.6. The predicted molar refractivity (Wildman–Crippen MR) is 127 cm³/mol. The number of carbonyl (C=O) groups excluding carboxylic acids is 3. The highest BCUT2D eigenvalue weighted by Gasteiger charge is 2.53. The van der Waals surface area contributed by atoms with Gasteiger partial charge in [0.2, 0.25) is 12.6 Å². The van der Waals surface area contributed by atoms with Crippen molar-refractivity contribution in [3.63, 3.8) is 0 Å². The number of ketones is 2. The number of halogens is 1. The molecule has 1 fully saturated rings. The van der Waals surface area contributed by atoms with Crippen molar-refractivity contribution in [2.45, 2.75) is 12.0 Å². The number of cyclic esters (lactones) is 1. The van der Waals surface area contributed by atoms with Crippen molar-refractivity contribution in [2.24, 2.45) is 11.8 Å². The second-order valence-electron chi connectivity index (χ2n) is 8.81. The smallest absolute Gasteiger partial charge is 0.310 e. The van der Waals surface area contributed by atoms with Gasteiger partial charge in [-0.1, -0.05) is 22.0 Å². The van der Waals surface area contributed by atoms with Crippen LogP contribution in [0.25, 0.3) is 0 Å². The van der Waals surface area contributed by atoms with Gasteiger partial charge in [0.05, 0.1) is 25.7 Å². The minimum atomic E-state index is -0.710. The molecule has 8 nitrogen and oxygen atoms in total. The summed E-state index contributed by atoms with van der Waals surface area (Å²) in [5.41, 5.74) is 3.13. The molecule has 2 heterocycles. The van der Waals surface area contributed by atoms with E-state index in [1.807, 2.05) is 36.4 Å². The van der Waals surface area contributed by atoms with E-state index in [4.69, 9.17) is 18.9 Å². The van der Waals surface area contributed by atoms with Crippen LogP contribution >= 0.6 is 15.9 Å². The lowest BCUT2D eigenvalue weighted by atomic mass is 9.64. The fourth-order valence-electron chi connectivity index (χ4n) is 5.43. The van der Waals surface area contributed by atoms with Crippen molar-refractivity contribution in [3.8, 4) is 11.5 Å². The van der Waals surface area contributed by atoms with Gasteiger partial charge in [-0.3, -0.25) is 14.4 Å². The maximum absolute atomic E-state index is 13.1. The molecule has 2 aliphatic heterocycles. The Balaban J connectivity index is 1.53. The first-order chi connectivity index (χ1) is 16.9. The first-order valence-corrected chi connectivity index (χ1v) is 11.9. The number of ether oxygens (including phenoxy) is 4. The van der Waals surface area contributed by atoms with Crippen LogP contribution in [-0.2, 0) is 23.9 Å². The lowest BCUT2D eigenvalue weighted by Gasteiger charge is -2.40. The number of hydrogen-bond acceptors (Lipinski definition) is 8. The van der Waals surface area contributed by atoms with Crippen molar-refractivity contribution in [3.05, 3.63) is 75.5 Å². The van der Waals surface area contributed by atoms with E-state index in [-0.39, 0.29) is 37.1 Å². The second kappa shape index (κ2) is 8.27. The van der Waals surface area contributed by atoms with Gasteiger partial charge < -0.3 is 24.3 Å². The van der Waals surface area contributed by atoms with E-state index in [2.05, 4.69) is 21.2 Å². The Hall–Kier alpha value is -3.59. The molecule has 1 saturated heterocycles. The van der Waals surface area contributed by atoms with Crippen LogP contribution in [0, 0.1) is 11.8 Å². The first-order valence-electron chi connectivity index (χ1n) is 11.1. The van der Waals surface area contributed by atoms with Crippen LogP contribution in [0.15, 0.2) is 64.4 Å². The standard InChI is InChI=1S/C26H20BrNO7/c1-32-21-6-12(5-18(29)25(21)30)22-15-8-19-20(35-11-34-19)9-16(15)24(17-10-33-26(31)23(17)22)28-14-4-2-3-13(27)7-14/h2-9,17,22-24,28H,10-11H2,1H3/t17-,22+,23-,24+/m0/s1. The van der Waals surface area contributed by atoms with Gasteiger partial charge in [-0.15, -0.1) is 0 Å². The second-order valence-corrected chi connectivity index (χ2v) is 9.73. The molecule has 6 rings (SSSR count). The highest BCUT2D eigenvalue weighted by atomic mass is 79.9. The zero-order valence-corrected chi connectivity index (χ0v) is 20.2. The number of allylic oxidation sites excluding steroid dienone is 4. The molecule has 0 bridgehead atoms. The summed E-state index contributed by atoms with van der Waals surface area (Å²) in [6, 6.07) is 11.3. The van der Waals surface area contributed by atoms with Crippen molar-refractivity contribution < 1.29 is 33.3 Å². The van der Waals surface area contributed by atoms with Gasteiger partial charge in [0.1, 0.15) is 0 Å². The van der Waals surface area contributed by atoms with Crippen LogP contribution in [0.4, 0.5) is 5.69 Å². The number of anilines is 1. The molecule has 9 heteroatoms. The number of hydrogen-bond donors (Lipinski definition) is 1. The first kappa shape index (κ1) is 21.9. The van der Waals surface area contributed by atoms with Gasteiger partial charge in [-0.05, 0) is 59.2 Å². The molecule has 0 radical (unpaired) electrons. The van der Waals surface area contributed by atoms with Crippen LogP contribution in [0.2, 0.25) is 0 Å². The number of Topliss-reactive ketones (excluding diaryl/α,β-unsaturated/α-hetero) is 1. The number of nitrogens with one attached hydrogen (secondary N) is 1. The summed E-state index contributed by atoms with van der Waals surface area (Å²) in [6.45, 7) is 0.325. The van der Waals surface area contributed by atoms with Crippen LogP contribution in [0.5, 0.6) is 11.5 Å². The molecule has 0 saturated carbocycles. The number of benzene rings is 2. The third-order valence-corrected chi connectivity index (χ3v) is 7.45. The third-order valence-electron chi connectivity index (χ3n) is 6.96. The van der Waals surface area contributed by atoms with E-state index in [9.17, 15) is 14.4 Å². The number of carbonyl (C=O) groups is 3. The van der Waals surface area contributed by atoms with Crippen molar-refractivity contribution >= 4 is 39.2 Å². The van der Waals surface area contributed by atoms with E-state index >= 15 is 0 Å². The Bertz CT molecular complexity index is 1350. The Morgan fingerprint density at radius 1 is 1.00 bits per heavy atom. The highest BCUT2D eigenvalue weighted by Crippen LogP contribution is 2.55. The lowest BCUT2D eigenvalue weighted by Crippen LogP contribution is -2.38. The molecule has 2 aromatic carbocycles. The maximum atomic E-state index is 13.1. The Morgan fingerprint density at radius 2 is 1.77 bits per heavy atom. The van der Waals surface area contributed by atoms with Gasteiger partial charge in [0, 0.05) is 22.0 Å². The monoisotopic (exact) mass is 537 g/mol. The summed E-state index contributed by atoms with van der Waals surface area (Å²) in [4.78, 5) is 37.8. The Morgan fingerprint density at radius 3 is 2.51 bits per heavy atom. The summed E-state index contributed by atoms with van der Waals surface area (Å²) >= 11 is 3.51. The molecule has 2 aromatic rings. The largest absolute Gasteiger partial charge is 0.492 e. The molecular formula is C26H20BrNO7. The summed E-state index contributed by atoms with van der Waals surface area (Å²) in [5, 5.41) is 3.58. The highest BCUT2D eigenvalue weighted by molar-refractivity contribution is 9.10. The molecular weight excluding hydrogens is 518 g/mol. The van der Waals surface area contributed by atoms with Gasteiger partial charge in [-0.2, -0.15) is 0 Å². The summed E-state index contributed by atoms with van der Waals surface area (Å²) in [7, 11) is 1.34. The van der Waals surface area contributed by atoms with E-state index in [0.717, 1.165) is 21.3 Å². The average molecular weight is 538 g/mol. The van der Waals surface area contributed by atoms with E-state index < -0.39 is 23.4 Å². The number of methoxy groups -OCH3 is 1. The Kier molecular flexibility index (Phi) is 5.17. The van der Waals surface area contributed by atoms with Crippen LogP contribution in [0.3, 0.4) is 0 Å². The normalized spacial score (nSPS) is 26.4. The zero-order chi connectivity index (χ0) is 24.3. The fraction of sp³-hybridized carbons (Fsp3) is 0.269. The van der Waals surface area contributed by atoms with Crippen LogP contribution in [-0.4, -0.2) is 38.0 Å². The number of fused-ring (bicyclic) bond motifs is 3. The van der Waals surface area contributed by atoms with Crippen LogP contribution < -0.4 is 14.8 Å². The molecule has 2 aliphatic carbocycles. The predicted octanol–water partition coefficient (Wildman–Crippen LogP) is 3.83. The van der Waals surface area contributed by atoms with Crippen LogP contribution in [0.1, 0.15) is 23.1 Å². The number of rotatable bonds is 4. The molecule has 0 aromatic heterocycles. The number of esters is 1. The van der Waals surface area contributed by atoms with E-state index in [1.54, 1.807) is 6.08 Å². The Labute approximate surface area is 209 Å². The summed E-state index contributed by atoms with van der Waals surface area (Å²) < 4.78 is 23.0. The third kappa shape index (κ3) is 3.53. The summed E-state index contributed by atoms with van der Waals surface area (Å²) in [5.74, 6) is -1.94. The molecule has 4 atom stereocenters. The average Bonchev–Trinajstić information content (AvgIpc) is 3.46. The molecule has 0 amide bonds. The molecule has 1 N–H and O–H groups in total. The van der Waals surface area contributed by atoms with Gasteiger partial charge in [0.15, 0.2) is 17.3 Å². The van der Waals surface area contributed by atoms with Gasteiger partial charge in [-0.25, -0.2) is 0 Å². The molecule has 35 heavy (non-hydrogen) atoms. The lowest BCUT2D eigenvalue weighted by molar-refractivity contribution is -0.141. The SMILES string of the molecule is COC1=CC([C@@H]2c3cc4c(cc3[C@@H](Nc3cccc(Br)c3)[C@H]3COC(=O)[C@@H]32)OCO4)=CC(=O)C1=O. The van der Waals surface area contributed by atoms with Gasteiger partial charge in [0.25, 0.3) is 5.78 Å². The van der Waals surface area contributed by atoms with Crippen molar-refractivity contribution in [1.82, 2.24) is 0 Å². The topological polar surface area (TPSA) is 100 Å². The molecule has 0 unspecified atom stereocenters. The molecule has 0 spiro atoms. The maximum Gasteiger partial charge on any atom is 0.310 e. The minimum Gasteiger partial charge on any atom is -0.492 e. The van der Waals surface area contributed by atoms with Gasteiger partial charge >= 0.3 is 5.97 Å². The molecule has 4 aliphatic rings. The molecule has 178 valence electrons. The minimum absolute atomic E-state index is 0.0490.